The molecule has 0 spiro atoms. The van der Waals surface area contributed by atoms with Gasteiger partial charge in [0.1, 0.15) is 11.1 Å². The Labute approximate surface area is 178 Å². The number of halogens is 1. The van der Waals surface area contributed by atoms with Gasteiger partial charge in [-0.3, -0.25) is 4.79 Å². The zero-order valence-electron chi connectivity index (χ0n) is 16.0. The number of hydrogen-bond donors (Lipinski definition) is 1. The minimum Gasteiger partial charge on any atom is -0.311 e. The Balaban J connectivity index is 1.67. The minimum absolute atomic E-state index is 0.289. The third-order valence-corrected chi connectivity index (χ3v) is 6.51. The van der Waals surface area contributed by atoms with Gasteiger partial charge in [0.05, 0.1) is 16.9 Å². The van der Waals surface area contributed by atoms with Gasteiger partial charge in [-0.1, -0.05) is 30.2 Å². The molecule has 6 nitrogen and oxygen atoms in total. The van der Waals surface area contributed by atoms with E-state index in [4.69, 9.17) is 11.6 Å². The highest BCUT2D eigenvalue weighted by Gasteiger charge is 2.25. The third kappa shape index (κ3) is 3.78. The van der Waals surface area contributed by atoms with E-state index in [1.807, 2.05) is 19.1 Å². The van der Waals surface area contributed by atoms with Crippen molar-refractivity contribution in [3.8, 4) is 11.8 Å². The van der Waals surface area contributed by atoms with E-state index in [2.05, 4.69) is 21.7 Å². The van der Waals surface area contributed by atoms with Crippen LogP contribution in [0.2, 0.25) is 5.02 Å². The summed E-state index contributed by atoms with van der Waals surface area (Å²) in [5.41, 5.74) is 3.52. The summed E-state index contributed by atoms with van der Waals surface area (Å²) in [5, 5.41) is 22.2. The van der Waals surface area contributed by atoms with Crippen molar-refractivity contribution in [2.75, 3.05) is 5.32 Å². The Hall–Kier alpha value is -2.69. The van der Waals surface area contributed by atoms with Crippen LogP contribution in [0.15, 0.2) is 24.3 Å². The fraction of sp³-hybridized carbons (Fsp3) is 0.333. The molecular formula is C21H20ClN5OS. The summed E-state index contributed by atoms with van der Waals surface area (Å²) in [6.07, 6.45) is 5.59. The van der Waals surface area contributed by atoms with Gasteiger partial charge in [0.2, 0.25) is 0 Å². The fourth-order valence-corrected chi connectivity index (χ4v) is 5.02. The molecule has 1 amide bonds. The molecule has 0 unspecified atom stereocenters. The first-order chi connectivity index (χ1) is 14.1. The molecule has 1 N–H and O–H groups in total. The molecule has 0 fully saturated rings. The lowest BCUT2D eigenvalue weighted by Crippen LogP contribution is -2.15. The molecule has 3 aromatic rings. The molecule has 0 bridgehead atoms. The number of nitrogens with zero attached hydrogens (tertiary/aromatic N) is 4. The molecule has 148 valence electrons. The maximum Gasteiger partial charge on any atom is 0.278 e. The third-order valence-electron chi connectivity index (χ3n) is 5.05. The molecule has 2 aromatic heterocycles. The molecule has 0 saturated carbocycles. The Kier molecular flexibility index (Phi) is 5.65. The second kappa shape index (κ2) is 8.36. The quantitative estimate of drug-likeness (QED) is 0.627. The van der Waals surface area contributed by atoms with Crippen LogP contribution in [0.5, 0.6) is 0 Å². The fourth-order valence-electron chi connectivity index (χ4n) is 3.66. The van der Waals surface area contributed by atoms with E-state index in [0.717, 1.165) is 49.0 Å². The van der Waals surface area contributed by atoms with Crippen LogP contribution < -0.4 is 5.32 Å². The predicted molar refractivity (Wildman–Crippen MR) is 114 cm³/mol. The first-order valence-electron chi connectivity index (χ1n) is 9.68. The molecule has 1 aliphatic carbocycles. The zero-order chi connectivity index (χ0) is 20.4. The molecule has 2 heterocycles. The number of nitrogens with one attached hydrogen (secondary N) is 1. The van der Waals surface area contributed by atoms with Crippen molar-refractivity contribution in [1.82, 2.24) is 15.0 Å². The molecule has 0 saturated heterocycles. The molecular weight excluding hydrogens is 406 g/mol. The van der Waals surface area contributed by atoms with Crippen LogP contribution in [0, 0.1) is 11.3 Å². The average molecular weight is 426 g/mol. The lowest BCUT2D eigenvalue weighted by Gasteiger charge is -2.09. The largest absolute Gasteiger partial charge is 0.311 e. The van der Waals surface area contributed by atoms with Gasteiger partial charge in [-0.05, 0) is 61.9 Å². The Morgan fingerprint density at radius 3 is 2.79 bits per heavy atom. The number of benzene rings is 1. The Bertz CT molecular complexity index is 1090. The Morgan fingerprint density at radius 2 is 2.07 bits per heavy atom. The van der Waals surface area contributed by atoms with Crippen molar-refractivity contribution in [1.29, 1.82) is 5.26 Å². The van der Waals surface area contributed by atoms with E-state index in [-0.39, 0.29) is 11.6 Å². The first kappa shape index (κ1) is 19.6. The van der Waals surface area contributed by atoms with E-state index in [1.54, 1.807) is 16.8 Å². The second-order valence-electron chi connectivity index (χ2n) is 7.00. The van der Waals surface area contributed by atoms with Crippen molar-refractivity contribution >= 4 is 33.8 Å². The number of anilines is 1. The van der Waals surface area contributed by atoms with Gasteiger partial charge < -0.3 is 5.32 Å². The van der Waals surface area contributed by atoms with Gasteiger partial charge in [-0.25, -0.2) is 4.68 Å². The highest BCUT2D eigenvalue weighted by molar-refractivity contribution is 7.16. The molecule has 4 rings (SSSR count). The van der Waals surface area contributed by atoms with Crippen molar-refractivity contribution in [2.24, 2.45) is 0 Å². The first-order valence-corrected chi connectivity index (χ1v) is 10.9. The summed E-state index contributed by atoms with van der Waals surface area (Å²) < 4.78 is 1.68. The van der Waals surface area contributed by atoms with Gasteiger partial charge in [-0.15, -0.1) is 16.4 Å². The second-order valence-corrected chi connectivity index (χ2v) is 8.55. The van der Waals surface area contributed by atoms with Gasteiger partial charge in [0.25, 0.3) is 5.91 Å². The van der Waals surface area contributed by atoms with Crippen molar-refractivity contribution in [2.45, 2.75) is 45.4 Å². The molecule has 29 heavy (non-hydrogen) atoms. The van der Waals surface area contributed by atoms with Gasteiger partial charge >= 0.3 is 0 Å². The highest BCUT2D eigenvalue weighted by atomic mass is 35.5. The number of aryl methyl sites for hydroxylation is 1. The lowest BCUT2D eigenvalue weighted by molar-refractivity contribution is 0.102. The van der Waals surface area contributed by atoms with Gasteiger partial charge in [0, 0.05) is 9.90 Å². The van der Waals surface area contributed by atoms with E-state index in [9.17, 15) is 10.1 Å². The number of carbonyl (C=O) groups excluding carboxylic acids is 1. The minimum atomic E-state index is -0.330. The van der Waals surface area contributed by atoms with E-state index in [1.165, 1.54) is 16.2 Å². The molecule has 1 aliphatic rings. The summed E-state index contributed by atoms with van der Waals surface area (Å²) >= 11 is 7.49. The number of carbonyl (C=O) groups is 1. The molecule has 1 aromatic carbocycles. The smallest absolute Gasteiger partial charge is 0.278 e. The van der Waals surface area contributed by atoms with Crippen LogP contribution in [-0.2, 0) is 19.3 Å². The Morgan fingerprint density at radius 1 is 1.31 bits per heavy atom. The zero-order valence-corrected chi connectivity index (χ0v) is 17.6. The van der Waals surface area contributed by atoms with Crippen molar-refractivity contribution < 1.29 is 4.79 Å². The van der Waals surface area contributed by atoms with E-state index >= 15 is 0 Å². The molecule has 8 heteroatoms. The summed E-state index contributed by atoms with van der Waals surface area (Å²) in [6, 6.07) is 9.53. The number of hydrogen-bond acceptors (Lipinski definition) is 5. The van der Waals surface area contributed by atoms with Crippen molar-refractivity contribution in [3.05, 3.63) is 56.7 Å². The summed E-state index contributed by atoms with van der Waals surface area (Å²) in [7, 11) is 0. The summed E-state index contributed by atoms with van der Waals surface area (Å²) in [4.78, 5) is 14.2. The summed E-state index contributed by atoms with van der Waals surface area (Å²) in [6.45, 7) is 2.04. The molecule has 0 aliphatic heterocycles. The van der Waals surface area contributed by atoms with Crippen LogP contribution in [0.4, 0.5) is 5.00 Å². The van der Waals surface area contributed by atoms with Crippen LogP contribution >= 0.6 is 22.9 Å². The maximum absolute atomic E-state index is 13.0. The number of rotatable bonds is 5. The normalized spacial score (nSPS) is 13.0. The number of amides is 1. The monoisotopic (exact) mass is 425 g/mol. The van der Waals surface area contributed by atoms with Gasteiger partial charge in [-0.2, -0.15) is 5.26 Å². The lowest BCUT2D eigenvalue weighted by atomic mass is 9.96. The number of aromatic nitrogens is 3. The molecule has 0 atom stereocenters. The van der Waals surface area contributed by atoms with E-state index in [0.29, 0.717) is 22.0 Å². The van der Waals surface area contributed by atoms with E-state index < -0.39 is 0 Å². The van der Waals surface area contributed by atoms with Gasteiger partial charge in [0.15, 0.2) is 5.69 Å². The predicted octanol–water partition coefficient (Wildman–Crippen LogP) is 4.94. The average Bonchev–Trinajstić information content (AvgIpc) is 3.29. The highest BCUT2D eigenvalue weighted by Crippen LogP contribution is 2.37. The maximum atomic E-state index is 13.0. The SMILES string of the molecule is CCCc1c(C(=O)Nc2sc3c(c2C#N)CCCC3)nnn1-c1ccc(Cl)cc1. The summed E-state index contributed by atoms with van der Waals surface area (Å²) in [5.74, 6) is -0.330. The molecule has 0 radical (unpaired) electrons. The van der Waals surface area contributed by atoms with Crippen LogP contribution in [0.25, 0.3) is 5.69 Å². The number of nitriles is 1. The topological polar surface area (TPSA) is 83.6 Å². The number of thiophene rings is 1. The van der Waals surface area contributed by atoms with Crippen LogP contribution in [0.3, 0.4) is 0 Å². The van der Waals surface area contributed by atoms with Crippen LogP contribution in [0.1, 0.15) is 58.4 Å². The number of fused-ring (bicyclic) bond motifs is 1. The standard InChI is InChI=1S/C21H20ClN5OS/c1-2-5-17-19(25-26-27(17)14-10-8-13(22)9-11-14)20(28)24-21-16(12-23)15-6-3-4-7-18(15)29-21/h8-11H,2-7H2,1H3,(H,24,28). The van der Waals surface area contributed by atoms with Crippen molar-refractivity contribution in [3.63, 3.8) is 0 Å². The van der Waals surface area contributed by atoms with Crippen LogP contribution in [-0.4, -0.2) is 20.9 Å².